The van der Waals surface area contributed by atoms with Gasteiger partial charge in [-0.05, 0) is 0 Å². The predicted octanol–water partition coefficient (Wildman–Crippen LogP) is -0.117. The summed E-state index contributed by atoms with van der Waals surface area (Å²) in [6.07, 6.45) is 0. The van der Waals surface area contributed by atoms with Gasteiger partial charge >= 0.3 is 0 Å². The fourth-order valence-corrected chi connectivity index (χ4v) is 1.23. The number of carbonyl (C=O) groups is 1. The van der Waals surface area contributed by atoms with Crippen molar-refractivity contribution in [2.75, 3.05) is 18.5 Å². The molecule has 2 N–H and O–H groups in total. The lowest BCUT2D eigenvalue weighted by atomic mass is 9.88. The number of rotatable bonds is 2. The van der Waals surface area contributed by atoms with E-state index in [4.69, 9.17) is 10.5 Å². The normalized spacial score (nSPS) is 22.8. The van der Waals surface area contributed by atoms with Crippen LogP contribution in [-0.2, 0) is 9.53 Å². The average molecular weight is 194 g/mol. The molecule has 0 saturated carbocycles. The fraction of sp³-hybridized carbons (Fsp3) is 0.800. The summed E-state index contributed by atoms with van der Waals surface area (Å²) in [7, 11) is 0. The zero-order valence-corrected chi connectivity index (χ0v) is 6.48. The zero-order valence-electron chi connectivity index (χ0n) is 4.89. The molecule has 9 heavy (non-hydrogen) atoms. The molecule has 0 spiro atoms. The summed E-state index contributed by atoms with van der Waals surface area (Å²) in [5.74, 6) is -0.273. The van der Waals surface area contributed by atoms with Gasteiger partial charge in [0.25, 0.3) is 0 Å². The summed E-state index contributed by atoms with van der Waals surface area (Å²) in [6.45, 7) is 0.932. The van der Waals surface area contributed by atoms with Gasteiger partial charge in [0.15, 0.2) is 0 Å². The van der Waals surface area contributed by atoms with Gasteiger partial charge in [0, 0.05) is 5.33 Å². The number of amides is 1. The minimum Gasteiger partial charge on any atom is -0.379 e. The van der Waals surface area contributed by atoms with Crippen molar-refractivity contribution in [2.45, 2.75) is 0 Å². The Morgan fingerprint density at radius 1 is 1.78 bits per heavy atom. The minimum absolute atomic E-state index is 0.273. The summed E-state index contributed by atoms with van der Waals surface area (Å²) in [5, 5.41) is 0.606. The first-order chi connectivity index (χ1) is 4.21. The van der Waals surface area contributed by atoms with Crippen molar-refractivity contribution in [1.29, 1.82) is 0 Å². The molecular weight excluding hydrogens is 186 g/mol. The molecule has 0 aromatic heterocycles. The van der Waals surface area contributed by atoms with Crippen LogP contribution in [-0.4, -0.2) is 24.5 Å². The highest BCUT2D eigenvalue weighted by Crippen LogP contribution is 2.28. The summed E-state index contributed by atoms with van der Waals surface area (Å²) in [5.41, 5.74) is 4.69. The highest BCUT2D eigenvalue weighted by molar-refractivity contribution is 9.09. The van der Waals surface area contributed by atoms with Gasteiger partial charge in [0.2, 0.25) is 5.91 Å². The van der Waals surface area contributed by atoms with E-state index >= 15 is 0 Å². The Morgan fingerprint density at radius 2 is 2.33 bits per heavy atom. The van der Waals surface area contributed by atoms with E-state index in [1.807, 2.05) is 0 Å². The standard InChI is InChI=1S/C5H8BrNO2/c6-1-5(4(7)8)2-9-3-5/h1-3H2,(H2,7,8). The Hall–Kier alpha value is -0.0900. The van der Waals surface area contributed by atoms with E-state index in [0.717, 1.165) is 0 Å². The van der Waals surface area contributed by atoms with E-state index in [0.29, 0.717) is 18.5 Å². The van der Waals surface area contributed by atoms with E-state index in [9.17, 15) is 4.79 Å². The first-order valence-corrected chi connectivity index (χ1v) is 3.77. The quantitative estimate of drug-likeness (QED) is 0.623. The van der Waals surface area contributed by atoms with Crippen molar-refractivity contribution in [3.8, 4) is 0 Å². The molecule has 1 saturated heterocycles. The largest absolute Gasteiger partial charge is 0.379 e. The molecule has 0 aromatic carbocycles. The molecular formula is C5H8BrNO2. The van der Waals surface area contributed by atoms with E-state index in [2.05, 4.69) is 15.9 Å². The molecule has 1 rings (SSSR count). The fourth-order valence-electron chi connectivity index (χ4n) is 0.634. The summed E-state index contributed by atoms with van der Waals surface area (Å²) < 4.78 is 4.86. The third kappa shape index (κ3) is 0.966. The lowest BCUT2D eigenvalue weighted by molar-refractivity contribution is -0.152. The molecule has 1 heterocycles. The Bertz CT molecular complexity index is 127. The van der Waals surface area contributed by atoms with Crippen LogP contribution in [0.5, 0.6) is 0 Å². The van der Waals surface area contributed by atoms with E-state index in [1.54, 1.807) is 0 Å². The minimum atomic E-state index is -0.403. The van der Waals surface area contributed by atoms with Crippen LogP contribution >= 0.6 is 15.9 Å². The van der Waals surface area contributed by atoms with Crippen molar-refractivity contribution in [2.24, 2.45) is 11.1 Å². The number of alkyl halides is 1. The molecule has 1 fully saturated rings. The maximum atomic E-state index is 10.6. The van der Waals surface area contributed by atoms with E-state index < -0.39 is 5.41 Å². The van der Waals surface area contributed by atoms with Crippen LogP contribution in [0, 0.1) is 5.41 Å². The van der Waals surface area contributed by atoms with Crippen LogP contribution < -0.4 is 5.73 Å². The van der Waals surface area contributed by atoms with E-state index in [1.165, 1.54) is 0 Å². The molecule has 4 heteroatoms. The van der Waals surface area contributed by atoms with Gasteiger partial charge in [-0.1, -0.05) is 15.9 Å². The maximum Gasteiger partial charge on any atom is 0.229 e. The van der Waals surface area contributed by atoms with Crippen molar-refractivity contribution >= 4 is 21.8 Å². The van der Waals surface area contributed by atoms with Crippen LogP contribution in [0.4, 0.5) is 0 Å². The van der Waals surface area contributed by atoms with Crippen molar-refractivity contribution in [1.82, 2.24) is 0 Å². The van der Waals surface area contributed by atoms with Gasteiger partial charge in [0.05, 0.1) is 13.2 Å². The van der Waals surface area contributed by atoms with Gasteiger partial charge < -0.3 is 10.5 Å². The summed E-state index contributed by atoms with van der Waals surface area (Å²) >= 11 is 3.20. The predicted molar refractivity (Wildman–Crippen MR) is 36.2 cm³/mol. The number of halogens is 1. The number of primary amides is 1. The van der Waals surface area contributed by atoms with Gasteiger partial charge in [-0.15, -0.1) is 0 Å². The summed E-state index contributed by atoms with van der Waals surface area (Å²) in [4.78, 5) is 10.6. The molecule has 1 aliphatic heterocycles. The molecule has 1 aliphatic rings. The molecule has 0 radical (unpaired) electrons. The van der Waals surface area contributed by atoms with Gasteiger partial charge in [-0.25, -0.2) is 0 Å². The topological polar surface area (TPSA) is 52.3 Å². The molecule has 0 aromatic rings. The molecule has 1 amide bonds. The monoisotopic (exact) mass is 193 g/mol. The van der Waals surface area contributed by atoms with Gasteiger partial charge in [0.1, 0.15) is 5.41 Å². The number of hydrogen-bond acceptors (Lipinski definition) is 2. The van der Waals surface area contributed by atoms with E-state index in [-0.39, 0.29) is 5.91 Å². The highest BCUT2D eigenvalue weighted by Gasteiger charge is 2.43. The Kier molecular flexibility index (Phi) is 1.77. The molecule has 52 valence electrons. The SMILES string of the molecule is NC(=O)C1(CBr)COC1. The summed E-state index contributed by atoms with van der Waals surface area (Å²) in [6, 6.07) is 0. The third-order valence-electron chi connectivity index (χ3n) is 1.54. The van der Waals surface area contributed by atoms with Crippen molar-refractivity contribution in [3.63, 3.8) is 0 Å². The smallest absolute Gasteiger partial charge is 0.229 e. The average Bonchev–Trinajstić information content (AvgIpc) is 1.62. The van der Waals surface area contributed by atoms with Crippen LogP contribution in [0.2, 0.25) is 0 Å². The van der Waals surface area contributed by atoms with Gasteiger partial charge in [-0.2, -0.15) is 0 Å². The number of hydrogen-bond donors (Lipinski definition) is 1. The molecule has 0 atom stereocenters. The first-order valence-electron chi connectivity index (χ1n) is 2.65. The lowest BCUT2D eigenvalue weighted by Crippen LogP contribution is -2.53. The number of carbonyl (C=O) groups excluding carboxylic acids is 1. The second kappa shape index (κ2) is 2.27. The maximum absolute atomic E-state index is 10.6. The molecule has 0 aliphatic carbocycles. The Morgan fingerprint density at radius 3 is 2.33 bits per heavy atom. The van der Waals surface area contributed by atoms with Crippen molar-refractivity contribution < 1.29 is 9.53 Å². The van der Waals surface area contributed by atoms with Crippen LogP contribution in [0.3, 0.4) is 0 Å². The van der Waals surface area contributed by atoms with Crippen molar-refractivity contribution in [3.05, 3.63) is 0 Å². The highest BCUT2D eigenvalue weighted by atomic mass is 79.9. The van der Waals surface area contributed by atoms with Crippen LogP contribution in [0.15, 0.2) is 0 Å². The number of ether oxygens (including phenoxy) is 1. The molecule has 0 unspecified atom stereocenters. The van der Waals surface area contributed by atoms with Crippen LogP contribution in [0.25, 0.3) is 0 Å². The third-order valence-corrected chi connectivity index (χ3v) is 2.61. The Balaban J connectivity index is 2.57. The lowest BCUT2D eigenvalue weighted by Gasteiger charge is -2.36. The van der Waals surface area contributed by atoms with Gasteiger partial charge in [-0.3, -0.25) is 4.79 Å². The Labute approximate surface area is 61.7 Å². The molecule has 0 bridgehead atoms. The number of nitrogens with two attached hydrogens (primary N) is 1. The second-order valence-electron chi connectivity index (χ2n) is 2.27. The van der Waals surface area contributed by atoms with Crippen LogP contribution in [0.1, 0.15) is 0 Å². The zero-order chi connectivity index (χ0) is 6.91. The molecule has 3 nitrogen and oxygen atoms in total. The second-order valence-corrected chi connectivity index (χ2v) is 2.83. The first kappa shape index (κ1) is 7.02.